The number of pyridine rings is 1. The zero-order valence-corrected chi connectivity index (χ0v) is 24.6. The molecule has 0 bridgehead atoms. The molecule has 11 heteroatoms. The summed E-state index contributed by atoms with van der Waals surface area (Å²) in [4.78, 5) is 24.6. The second kappa shape index (κ2) is 12.6. The van der Waals surface area contributed by atoms with E-state index in [1.807, 2.05) is 23.1 Å². The SMILES string of the molecule is CC[C@H]1CN(C(=O)Cc2ccc(CN3CCNCC3)c(C(F)(F)F)c2)Cc2cc(Oc3ccnc4[nH]c(CO)cc34)ccc21. The molecular weight excluding hydrogens is 571 g/mol. The fourth-order valence-corrected chi connectivity index (χ4v) is 6.24. The monoisotopic (exact) mass is 607 g/mol. The van der Waals surface area contributed by atoms with E-state index in [0.29, 0.717) is 54.6 Å². The smallest absolute Gasteiger partial charge is 0.416 e. The second-order valence-corrected chi connectivity index (χ2v) is 11.6. The average molecular weight is 608 g/mol. The van der Waals surface area contributed by atoms with Crippen molar-refractivity contribution >= 4 is 16.9 Å². The van der Waals surface area contributed by atoms with Gasteiger partial charge in [0.05, 0.1) is 24.0 Å². The van der Waals surface area contributed by atoms with Gasteiger partial charge in [0.1, 0.15) is 17.1 Å². The van der Waals surface area contributed by atoms with Crippen molar-refractivity contribution in [1.29, 1.82) is 0 Å². The minimum absolute atomic E-state index is 0.103. The molecule has 0 unspecified atom stereocenters. The number of piperazine rings is 1. The Morgan fingerprint density at radius 1 is 1.11 bits per heavy atom. The third-order valence-electron chi connectivity index (χ3n) is 8.59. The number of aromatic amines is 1. The lowest BCUT2D eigenvalue weighted by Crippen LogP contribution is -2.43. The summed E-state index contributed by atoms with van der Waals surface area (Å²) in [7, 11) is 0. The lowest BCUT2D eigenvalue weighted by molar-refractivity contribution is -0.138. The van der Waals surface area contributed by atoms with Crippen LogP contribution in [-0.4, -0.2) is 63.5 Å². The maximum absolute atomic E-state index is 14.1. The van der Waals surface area contributed by atoms with Crippen LogP contribution in [0.4, 0.5) is 13.2 Å². The number of H-pyrrole nitrogens is 1. The Hall–Kier alpha value is -3.93. The Morgan fingerprint density at radius 2 is 1.93 bits per heavy atom. The summed E-state index contributed by atoms with van der Waals surface area (Å²) in [5, 5.41) is 13.5. The Labute approximate surface area is 253 Å². The van der Waals surface area contributed by atoms with E-state index in [1.165, 1.54) is 6.07 Å². The topological polar surface area (TPSA) is 93.7 Å². The lowest BCUT2D eigenvalue weighted by atomic mass is 9.87. The molecule has 4 aromatic rings. The summed E-state index contributed by atoms with van der Waals surface area (Å²) in [6, 6.07) is 13.8. The van der Waals surface area contributed by atoms with Crippen molar-refractivity contribution in [2.45, 2.75) is 51.6 Å². The Bertz CT molecular complexity index is 1650. The third kappa shape index (κ3) is 6.45. The maximum atomic E-state index is 14.1. The minimum Gasteiger partial charge on any atom is -0.457 e. The van der Waals surface area contributed by atoms with E-state index < -0.39 is 11.7 Å². The molecule has 8 nitrogen and oxygen atoms in total. The van der Waals surface area contributed by atoms with E-state index in [0.717, 1.165) is 42.1 Å². The van der Waals surface area contributed by atoms with Gasteiger partial charge in [0.15, 0.2) is 0 Å². The molecule has 1 fully saturated rings. The molecule has 6 rings (SSSR count). The summed E-state index contributed by atoms with van der Waals surface area (Å²) in [6.07, 6.45) is -2.16. The number of benzene rings is 2. The average Bonchev–Trinajstić information content (AvgIpc) is 3.46. The van der Waals surface area contributed by atoms with E-state index in [1.54, 1.807) is 29.3 Å². The number of nitrogens with one attached hydrogen (secondary N) is 2. The van der Waals surface area contributed by atoms with Crippen LogP contribution < -0.4 is 10.1 Å². The molecule has 3 N–H and O–H groups in total. The summed E-state index contributed by atoms with van der Waals surface area (Å²) in [6.45, 7) is 5.91. The highest BCUT2D eigenvalue weighted by Gasteiger charge is 2.35. The molecule has 2 aromatic carbocycles. The van der Waals surface area contributed by atoms with Gasteiger partial charge in [-0.25, -0.2) is 4.98 Å². The van der Waals surface area contributed by atoms with Gasteiger partial charge in [0.2, 0.25) is 5.91 Å². The zero-order valence-electron chi connectivity index (χ0n) is 24.6. The predicted molar refractivity (Wildman–Crippen MR) is 160 cm³/mol. The molecule has 4 heterocycles. The standard InChI is InChI=1S/C33H36F3N5O3/c1-2-22-18-41(31(43)14-21-3-4-23(29(13-21)33(34,35)36)17-40-11-9-37-10-12-40)19-24-15-26(5-6-27(22)24)44-30-7-8-38-32-28(30)16-25(20-42)39-32/h3-8,13,15-16,22,37,42H,2,9-12,14,17-20H2,1H3,(H,38,39)/t22-/m0/s1. The molecular formula is C33H36F3N5O3. The molecule has 0 spiro atoms. The number of alkyl halides is 3. The van der Waals surface area contributed by atoms with Gasteiger partial charge in [-0.05, 0) is 59.0 Å². The molecule has 0 radical (unpaired) electrons. The van der Waals surface area contributed by atoms with Crippen LogP contribution in [-0.2, 0) is 37.1 Å². The van der Waals surface area contributed by atoms with Gasteiger partial charge in [-0.2, -0.15) is 13.2 Å². The van der Waals surface area contributed by atoms with Crippen LogP contribution in [0.3, 0.4) is 0 Å². The van der Waals surface area contributed by atoms with Gasteiger partial charge < -0.3 is 25.0 Å². The Kier molecular flexibility index (Phi) is 8.61. The van der Waals surface area contributed by atoms with Gasteiger partial charge in [-0.3, -0.25) is 9.69 Å². The number of rotatable bonds is 8. The number of aliphatic hydroxyl groups is 1. The Balaban J connectivity index is 1.20. The van der Waals surface area contributed by atoms with Crippen LogP contribution in [0.2, 0.25) is 0 Å². The fourth-order valence-electron chi connectivity index (χ4n) is 6.24. The summed E-state index contributed by atoms with van der Waals surface area (Å²) in [5.74, 6) is 1.08. The number of amides is 1. The van der Waals surface area contributed by atoms with Crippen LogP contribution in [0.5, 0.6) is 11.5 Å². The van der Waals surface area contributed by atoms with Crippen molar-refractivity contribution in [3.8, 4) is 11.5 Å². The molecule has 2 aromatic heterocycles. The van der Waals surface area contributed by atoms with Crippen molar-refractivity contribution < 1.29 is 27.8 Å². The normalized spacial score (nSPS) is 17.6. The van der Waals surface area contributed by atoms with E-state index >= 15 is 0 Å². The highest BCUT2D eigenvalue weighted by atomic mass is 19.4. The third-order valence-corrected chi connectivity index (χ3v) is 8.59. The molecule has 1 saturated heterocycles. The highest BCUT2D eigenvalue weighted by Crippen LogP contribution is 2.37. The first kappa shape index (κ1) is 30.1. The number of carbonyl (C=O) groups is 1. The number of fused-ring (bicyclic) bond motifs is 2. The first-order valence-corrected chi connectivity index (χ1v) is 15.0. The highest BCUT2D eigenvalue weighted by molar-refractivity contribution is 5.83. The van der Waals surface area contributed by atoms with Crippen LogP contribution in [0, 0.1) is 0 Å². The Morgan fingerprint density at radius 3 is 2.68 bits per heavy atom. The van der Waals surface area contributed by atoms with E-state index in [2.05, 4.69) is 22.2 Å². The first-order chi connectivity index (χ1) is 21.2. The van der Waals surface area contributed by atoms with Crippen molar-refractivity contribution in [2.24, 2.45) is 0 Å². The van der Waals surface area contributed by atoms with E-state index in [9.17, 15) is 23.1 Å². The van der Waals surface area contributed by atoms with Crippen LogP contribution in [0.15, 0.2) is 54.7 Å². The number of aliphatic hydroxyl groups excluding tert-OH is 1. The number of halogens is 3. The summed E-state index contributed by atoms with van der Waals surface area (Å²) in [5.41, 5.74) is 3.26. The second-order valence-electron chi connectivity index (χ2n) is 11.6. The molecule has 0 aliphatic carbocycles. The minimum atomic E-state index is -4.50. The number of ether oxygens (including phenoxy) is 1. The van der Waals surface area contributed by atoms with Gasteiger partial charge in [0, 0.05) is 63.6 Å². The molecule has 2 aliphatic rings. The summed E-state index contributed by atoms with van der Waals surface area (Å²) >= 11 is 0. The van der Waals surface area contributed by atoms with Crippen molar-refractivity contribution in [2.75, 3.05) is 32.7 Å². The van der Waals surface area contributed by atoms with Crippen LogP contribution in [0.25, 0.3) is 11.0 Å². The molecule has 44 heavy (non-hydrogen) atoms. The van der Waals surface area contributed by atoms with E-state index in [-0.39, 0.29) is 37.0 Å². The van der Waals surface area contributed by atoms with Crippen LogP contribution in [0.1, 0.15) is 52.8 Å². The number of hydrogen-bond acceptors (Lipinski definition) is 6. The van der Waals surface area contributed by atoms with Crippen molar-refractivity contribution in [3.05, 3.63) is 88.2 Å². The van der Waals surface area contributed by atoms with Gasteiger partial charge in [-0.1, -0.05) is 25.1 Å². The van der Waals surface area contributed by atoms with Crippen molar-refractivity contribution in [1.82, 2.24) is 25.1 Å². The molecule has 2 aliphatic heterocycles. The van der Waals surface area contributed by atoms with Gasteiger partial charge >= 0.3 is 6.18 Å². The molecule has 0 saturated carbocycles. The van der Waals surface area contributed by atoms with Gasteiger partial charge in [-0.15, -0.1) is 0 Å². The number of carbonyl (C=O) groups excluding carboxylic acids is 1. The zero-order chi connectivity index (χ0) is 30.8. The fraction of sp³-hybridized carbons (Fsp3) is 0.394. The largest absolute Gasteiger partial charge is 0.457 e. The number of hydrogen-bond donors (Lipinski definition) is 3. The maximum Gasteiger partial charge on any atom is 0.416 e. The quantitative estimate of drug-likeness (QED) is 0.250. The summed E-state index contributed by atoms with van der Waals surface area (Å²) < 4.78 is 48.5. The van der Waals surface area contributed by atoms with Gasteiger partial charge in [0.25, 0.3) is 0 Å². The first-order valence-electron chi connectivity index (χ1n) is 15.0. The molecule has 1 atom stereocenters. The molecule has 232 valence electrons. The number of aromatic nitrogens is 2. The van der Waals surface area contributed by atoms with E-state index in [4.69, 9.17) is 4.74 Å². The van der Waals surface area contributed by atoms with Crippen LogP contribution >= 0.6 is 0 Å². The van der Waals surface area contributed by atoms with Crippen molar-refractivity contribution in [3.63, 3.8) is 0 Å². The lowest BCUT2D eigenvalue weighted by Gasteiger charge is -2.35. The number of nitrogens with zero attached hydrogens (tertiary/aromatic N) is 3. The molecule has 1 amide bonds. The predicted octanol–water partition coefficient (Wildman–Crippen LogP) is 5.35.